The summed E-state index contributed by atoms with van der Waals surface area (Å²) in [4.78, 5) is 2.40. The Labute approximate surface area is 121 Å². The van der Waals surface area contributed by atoms with Gasteiger partial charge in [-0.25, -0.2) is 0 Å². The Morgan fingerprint density at radius 3 is 2.40 bits per heavy atom. The van der Waals surface area contributed by atoms with Crippen LogP contribution in [0.15, 0.2) is 36.5 Å². The predicted octanol–water partition coefficient (Wildman–Crippen LogP) is 2.35. The Bertz CT molecular complexity index is 512. The van der Waals surface area contributed by atoms with Crippen molar-refractivity contribution in [1.82, 2.24) is 14.7 Å². The molecule has 0 spiro atoms. The minimum absolute atomic E-state index is 0.582. The minimum atomic E-state index is 0.582. The first kappa shape index (κ1) is 14.8. The van der Waals surface area contributed by atoms with E-state index in [4.69, 9.17) is 5.73 Å². The Hall–Kier alpha value is -1.65. The standard InChI is InChI=1S/C16H24N4/c1-3-19(4-2)11-12-20-10-9-16(18-20)15-7-5-14(13-17)6-8-15/h5-10H,3-4,11-13,17H2,1-2H3. The second-order valence-electron chi connectivity index (χ2n) is 4.89. The molecule has 0 bridgehead atoms. The number of likely N-dealkylation sites (N-methyl/N-ethyl adjacent to an activating group) is 1. The molecular weight excluding hydrogens is 248 g/mol. The molecular formula is C16H24N4. The van der Waals surface area contributed by atoms with Crippen LogP contribution in [0.2, 0.25) is 0 Å². The third-order valence-electron chi connectivity index (χ3n) is 3.67. The highest BCUT2D eigenvalue weighted by atomic mass is 15.3. The fourth-order valence-corrected chi connectivity index (χ4v) is 2.24. The van der Waals surface area contributed by atoms with Crippen LogP contribution in [0.3, 0.4) is 0 Å². The van der Waals surface area contributed by atoms with E-state index in [0.717, 1.165) is 43.0 Å². The fourth-order valence-electron chi connectivity index (χ4n) is 2.24. The monoisotopic (exact) mass is 272 g/mol. The second-order valence-corrected chi connectivity index (χ2v) is 4.89. The van der Waals surface area contributed by atoms with Crippen molar-refractivity contribution in [1.29, 1.82) is 0 Å². The van der Waals surface area contributed by atoms with Gasteiger partial charge in [0.15, 0.2) is 0 Å². The third kappa shape index (κ3) is 3.68. The molecule has 1 aromatic carbocycles. The summed E-state index contributed by atoms with van der Waals surface area (Å²) in [5, 5.41) is 4.64. The van der Waals surface area contributed by atoms with Gasteiger partial charge in [0.25, 0.3) is 0 Å². The molecule has 4 heteroatoms. The van der Waals surface area contributed by atoms with Crippen LogP contribution in [0.25, 0.3) is 11.3 Å². The van der Waals surface area contributed by atoms with Crippen molar-refractivity contribution in [2.24, 2.45) is 5.73 Å². The highest BCUT2D eigenvalue weighted by molar-refractivity contribution is 5.58. The smallest absolute Gasteiger partial charge is 0.0923 e. The van der Waals surface area contributed by atoms with Crippen molar-refractivity contribution >= 4 is 0 Å². The molecule has 0 unspecified atom stereocenters. The first-order valence-electron chi connectivity index (χ1n) is 7.32. The number of benzene rings is 1. The van der Waals surface area contributed by atoms with E-state index in [0.29, 0.717) is 6.54 Å². The largest absolute Gasteiger partial charge is 0.326 e. The van der Waals surface area contributed by atoms with Crippen molar-refractivity contribution in [2.45, 2.75) is 26.9 Å². The topological polar surface area (TPSA) is 47.1 Å². The van der Waals surface area contributed by atoms with E-state index in [-0.39, 0.29) is 0 Å². The summed E-state index contributed by atoms with van der Waals surface area (Å²) in [6, 6.07) is 10.4. The number of rotatable bonds is 7. The van der Waals surface area contributed by atoms with Crippen LogP contribution in [-0.2, 0) is 13.1 Å². The lowest BCUT2D eigenvalue weighted by Gasteiger charge is -2.17. The van der Waals surface area contributed by atoms with Gasteiger partial charge in [-0.2, -0.15) is 5.10 Å². The number of aromatic nitrogens is 2. The normalized spacial score (nSPS) is 11.2. The Kier molecular flexibility index (Phi) is 5.32. The van der Waals surface area contributed by atoms with Gasteiger partial charge >= 0.3 is 0 Å². The molecule has 0 aliphatic rings. The molecule has 0 aliphatic heterocycles. The molecule has 108 valence electrons. The molecule has 0 amide bonds. The van der Waals surface area contributed by atoms with Crippen molar-refractivity contribution < 1.29 is 0 Å². The minimum Gasteiger partial charge on any atom is -0.326 e. The molecule has 4 nitrogen and oxygen atoms in total. The van der Waals surface area contributed by atoms with Gasteiger partial charge < -0.3 is 10.6 Å². The quantitative estimate of drug-likeness (QED) is 0.841. The predicted molar refractivity (Wildman–Crippen MR) is 83.3 cm³/mol. The molecule has 0 fully saturated rings. The summed E-state index contributed by atoms with van der Waals surface area (Å²) >= 11 is 0. The molecule has 1 heterocycles. The van der Waals surface area contributed by atoms with Gasteiger partial charge in [0.2, 0.25) is 0 Å². The number of hydrogen-bond donors (Lipinski definition) is 1. The molecule has 20 heavy (non-hydrogen) atoms. The molecule has 0 atom stereocenters. The summed E-state index contributed by atoms with van der Waals surface area (Å²) in [6.07, 6.45) is 2.05. The zero-order valence-corrected chi connectivity index (χ0v) is 12.4. The van der Waals surface area contributed by atoms with Crippen LogP contribution in [0.5, 0.6) is 0 Å². The molecule has 0 saturated heterocycles. The molecule has 0 radical (unpaired) electrons. The fraction of sp³-hybridized carbons (Fsp3) is 0.438. The van der Waals surface area contributed by atoms with Gasteiger partial charge in [0.05, 0.1) is 12.2 Å². The van der Waals surface area contributed by atoms with Crippen molar-refractivity contribution in [3.8, 4) is 11.3 Å². The molecule has 2 N–H and O–H groups in total. The van der Waals surface area contributed by atoms with E-state index in [1.807, 2.05) is 4.68 Å². The number of nitrogens with two attached hydrogens (primary N) is 1. The Balaban J connectivity index is 2.00. The number of nitrogens with zero attached hydrogens (tertiary/aromatic N) is 3. The highest BCUT2D eigenvalue weighted by Gasteiger charge is 2.04. The van der Waals surface area contributed by atoms with Crippen LogP contribution in [-0.4, -0.2) is 34.3 Å². The van der Waals surface area contributed by atoms with Crippen LogP contribution < -0.4 is 5.73 Å². The van der Waals surface area contributed by atoms with Gasteiger partial charge in [-0.05, 0) is 24.7 Å². The maximum absolute atomic E-state index is 5.61. The lowest BCUT2D eigenvalue weighted by molar-refractivity contribution is 0.285. The zero-order chi connectivity index (χ0) is 14.4. The summed E-state index contributed by atoms with van der Waals surface area (Å²) < 4.78 is 2.02. The lowest BCUT2D eigenvalue weighted by Crippen LogP contribution is -2.27. The summed E-state index contributed by atoms with van der Waals surface area (Å²) in [5.74, 6) is 0. The Morgan fingerprint density at radius 2 is 1.80 bits per heavy atom. The molecule has 0 aliphatic carbocycles. The van der Waals surface area contributed by atoms with E-state index in [2.05, 4.69) is 60.4 Å². The van der Waals surface area contributed by atoms with Crippen LogP contribution in [0.1, 0.15) is 19.4 Å². The summed E-state index contributed by atoms with van der Waals surface area (Å²) in [6.45, 7) is 9.12. The highest BCUT2D eigenvalue weighted by Crippen LogP contribution is 2.17. The first-order chi connectivity index (χ1) is 9.76. The third-order valence-corrected chi connectivity index (χ3v) is 3.67. The van der Waals surface area contributed by atoms with E-state index >= 15 is 0 Å². The Morgan fingerprint density at radius 1 is 1.10 bits per heavy atom. The maximum Gasteiger partial charge on any atom is 0.0923 e. The average Bonchev–Trinajstić information content (AvgIpc) is 2.97. The summed E-state index contributed by atoms with van der Waals surface area (Å²) in [7, 11) is 0. The lowest BCUT2D eigenvalue weighted by atomic mass is 10.1. The average molecular weight is 272 g/mol. The van der Waals surface area contributed by atoms with E-state index in [1.54, 1.807) is 0 Å². The van der Waals surface area contributed by atoms with Gasteiger partial charge in [0.1, 0.15) is 0 Å². The van der Waals surface area contributed by atoms with Gasteiger partial charge in [0, 0.05) is 24.8 Å². The molecule has 1 aromatic heterocycles. The molecule has 2 aromatic rings. The van der Waals surface area contributed by atoms with Crippen LogP contribution >= 0.6 is 0 Å². The van der Waals surface area contributed by atoms with Crippen molar-refractivity contribution in [3.63, 3.8) is 0 Å². The zero-order valence-electron chi connectivity index (χ0n) is 12.4. The van der Waals surface area contributed by atoms with Crippen LogP contribution in [0, 0.1) is 0 Å². The van der Waals surface area contributed by atoms with Crippen molar-refractivity contribution in [3.05, 3.63) is 42.1 Å². The van der Waals surface area contributed by atoms with Crippen molar-refractivity contribution in [2.75, 3.05) is 19.6 Å². The van der Waals surface area contributed by atoms with Gasteiger partial charge in [-0.3, -0.25) is 4.68 Å². The van der Waals surface area contributed by atoms with E-state index in [9.17, 15) is 0 Å². The first-order valence-corrected chi connectivity index (χ1v) is 7.32. The SMILES string of the molecule is CCN(CC)CCn1ccc(-c2ccc(CN)cc2)n1. The van der Waals surface area contributed by atoms with Crippen LogP contribution in [0.4, 0.5) is 0 Å². The molecule has 0 saturated carbocycles. The van der Waals surface area contributed by atoms with Gasteiger partial charge in [-0.15, -0.1) is 0 Å². The number of hydrogen-bond acceptors (Lipinski definition) is 3. The second kappa shape index (κ2) is 7.22. The van der Waals surface area contributed by atoms with Gasteiger partial charge in [-0.1, -0.05) is 38.1 Å². The maximum atomic E-state index is 5.61. The molecule has 2 rings (SSSR count). The summed E-state index contributed by atoms with van der Waals surface area (Å²) in [5.41, 5.74) is 8.92. The van der Waals surface area contributed by atoms with E-state index < -0.39 is 0 Å². The van der Waals surface area contributed by atoms with E-state index in [1.165, 1.54) is 0 Å².